The van der Waals surface area contributed by atoms with Gasteiger partial charge in [-0.15, -0.1) is 0 Å². The molecule has 1 aliphatic heterocycles. The number of hydrogen-bond acceptors (Lipinski definition) is 5. The molecule has 3 heterocycles. The standard InChI is InChI=1S/C22H25N5O2/c28-16-18-10-13-26(14-17-6-2-1-3-7-17)15-20(18)25-22(29)19-8-4-9-21(24-19)27-12-5-11-23-27/h1-9,11-12,18,20,28H,10,13-16H2,(H,25,29)/t18-,20-/m1/s1. The number of nitrogens with zero attached hydrogens (tertiary/aromatic N) is 4. The summed E-state index contributed by atoms with van der Waals surface area (Å²) in [6, 6.07) is 17.3. The maximum Gasteiger partial charge on any atom is 0.270 e. The molecule has 0 unspecified atom stereocenters. The zero-order valence-electron chi connectivity index (χ0n) is 16.2. The molecule has 0 spiro atoms. The van der Waals surface area contributed by atoms with Crippen LogP contribution >= 0.6 is 0 Å². The molecule has 4 rings (SSSR count). The predicted octanol–water partition coefficient (Wildman–Crippen LogP) is 1.88. The number of piperidine rings is 1. The number of carbonyl (C=O) groups is 1. The molecular formula is C22H25N5O2. The molecule has 0 radical (unpaired) electrons. The third-order valence-electron chi connectivity index (χ3n) is 5.35. The van der Waals surface area contributed by atoms with Gasteiger partial charge in [-0.25, -0.2) is 9.67 Å². The second kappa shape index (κ2) is 8.98. The second-order valence-corrected chi connectivity index (χ2v) is 7.36. The normalized spacial score (nSPS) is 19.8. The summed E-state index contributed by atoms with van der Waals surface area (Å²) in [5.41, 5.74) is 1.59. The minimum Gasteiger partial charge on any atom is -0.396 e. The highest BCUT2D eigenvalue weighted by Gasteiger charge is 2.30. The molecule has 1 saturated heterocycles. The Morgan fingerprint density at radius 3 is 2.76 bits per heavy atom. The van der Waals surface area contributed by atoms with Crippen LogP contribution < -0.4 is 5.32 Å². The fraction of sp³-hybridized carbons (Fsp3) is 0.318. The van der Waals surface area contributed by atoms with E-state index in [4.69, 9.17) is 0 Å². The highest BCUT2D eigenvalue weighted by Crippen LogP contribution is 2.20. The Labute approximate surface area is 170 Å². The number of pyridine rings is 1. The molecule has 1 fully saturated rings. The highest BCUT2D eigenvalue weighted by molar-refractivity contribution is 5.92. The molecule has 150 valence electrons. The van der Waals surface area contributed by atoms with Crippen LogP contribution in [0.25, 0.3) is 5.82 Å². The first-order chi connectivity index (χ1) is 14.2. The molecule has 7 heteroatoms. The van der Waals surface area contributed by atoms with Crippen molar-refractivity contribution in [3.8, 4) is 5.82 Å². The maximum atomic E-state index is 12.9. The first-order valence-electron chi connectivity index (χ1n) is 9.88. The van der Waals surface area contributed by atoms with Crippen molar-refractivity contribution < 1.29 is 9.90 Å². The van der Waals surface area contributed by atoms with E-state index in [0.29, 0.717) is 18.1 Å². The van der Waals surface area contributed by atoms with Crippen LogP contribution in [0.2, 0.25) is 0 Å². The molecule has 0 saturated carbocycles. The van der Waals surface area contributed by atoms with Gasteiger partial charge in [-0.1, -0.05) is 36.4 Å². The van der Waals surface area contributed by atoms with Gasteiger partial charge in [0.1, 0.15) is 5.69 Å². The summed E-state index contributed by atoms with van der Waals surface area (Å²) in [5, 5.41) is 17.0. The number of aromatic nitrogens is 3. The Bertz CT molecular complexity index is 929. The maximum absolute atomic E-state index is 12.9. The SMILES string of the molecule is O=C(N[C@@H]1CN(Cc2ccccc2)CC[C@@H]1CO)c1cccc(-n2cccn2)n1. The van der Waals surface area contributed by atoms with Crippen molar-refractivity contribution in [2.45, 2.75) is 19.0 Å². The Morgan fingerprint density at radius 2 is 2.00 bits per heavy atom. The molecule has 0 bridgehead atoms. The Kier molecular flexibility index (Phi) is 5.97. The van der Waals surface area contributed by atoms with E-state index in [9.17, 15) is 9.90 Å². The number of carbonyl (C=O) groups excluding carboxylic acids is 1. The molecule has 1 aliphatic rings. The van der Waals surface area contributed by atoms with Gasteiger partial charge in [0.2, 0.25) is 0 Å². The van der Waals surface area contributed by atoms with Crippen LogP contribution in [0.4, 0.5) is 0 Å². The summed E-state index contributed by atoms with van der Waals surface area (Å²) < 4.78 is 1.62. The van der Waals surface area contributed by atoms with Crippen LogP contribution in [0.5, 0.6) is 0 Å². The lowest BCUT2D eigenvalue weighted by molar-refractivity contribution is 0.0727. The minimum atomic E-state index is -0.232. The van der Waals surface area contributed by atoms with Crippen LogP contribution in [0.1, 0.15) is 22.5 Å². The van der Waals surface area contributed by atoms with Crippen LogP contribution in [0, 0.1) is 5.92 Å². The molecule has 3 aromatic rings. The molecular weight excluding hydrogens is 366 g/mol. The third kappa shape index (κ3) is 4.70. The molecule has 1 aromatic carbocycles. The molecule has 0 aliphatic carbocycles. The van der Waals surface area contributed by atoms with Gasteiger partial charge in [0.15, 0.2) is 5.82 Å². The van der Waals surface area contributed by atoms with Gasteiger partial charge in [-0.05, 0) is 36.7 Å². The van der Waals surface area contributed by atoms with E-state index in [1.807, 2.05) is 30.3 Å². The highest BCUT2D eigenvalue weighted by atomic mass is 16.3. The summed E-state index contributed by atoms with van der Waals surface area (Å²) in [4.78, 5) is 19.6. The molecule has 29 heavy (non-hydrogen) atoms. The predicted molar refractivity (Wildman–Crippen MR) is 110 cm³/mol. The van der Waals surface area contributed by atoms with E-state index >= 15 is 0 Å². The molecule has 2 atom stereocenters. The van der Waals surface area contributed by atoms with E-state index in [-0.39, 0.29) is 24.5 Å². The fourth-order valence-electron chi connectivity index (χ4n) is 3.76. The van der Waals surface area contributed by atoms with E-state index in [1.165, 1.54) is 5.56 Å². The molecule has 2 N–H and O–H groups in total. The minimum absolute atomic E-state index is 0.0419. The third-order valence-corrected chi connectivity index (χ3v) is 5.35. The smallest absolute Gasteiger partial charge is 0.270 e. The van der Waals surface area contributed by atoms with Crippen LogP contribution in [-0.2, 0) is 6.54 Å². The Morgan fingerprint density at radius 1 is 1.14 bits per heavy atom. The average molecular weight is 391 g/mol. The zero-order valence-corrected chi connectivity index (χ0v) is 16.2. The van der Waals surface area contributed by atoms with Gasteiger partial charge in [0, 0.05) is 44.0 Å². The van der Waals surface area contributed by atoms with E-state index < -0.39 is 0 Å². The average Bonchev–Trinajstić information content (AvgIpc) is 3.30. The lowest BCUT2D eigenvalue weighted by Gasteiger charge is -2.38. The summed E-state index contributed by atoms with van der Waals surface area (Å²) >= 11 is 0. The van der Waals surface area contributed by atoms with Gasteiger partial charge >= 0.3 is 0 Å². The van der Waals surface area contributed by atoms with Crippen molar-refractivity contribution in [2.24, 2.45) is 5.92 Å². The summed E-state index contributed by atoms with van der Waals surface area (Å²) in [5.74, 6) is 0.403. The van der Waals surface area contributed by atoms with Crippen LogP contribution in [0.3, 0.4) is 0 Å². The van der Waals surface area contributed by atoms with Gasteiger partial charge in [-0.2, -0.15) is 5.10 Å². The van der Waals surface area contributed by atoms with Crippen molar-refractivity contribution in [3.05, 3.63) is 78.2 Å². The molecule has 7 nitrogen and oxygen atoms in total. The fourth-order valence-corrected chi connectivity index (χ4v) is 3.76. The largest absolute Gasteiger partial charge is 0.396 e. The van der Waals surface area contributed by atoms with Crippen LogP contribution in [-0.4, -0.2) is 56.4 Å². The van der Waals surface area contributed by atoms with Gasteiger partial charge in [0.25, 0.3) is 5.91 Å². The number of likely N-dealkylation sites (tertiary alicyclic amines) is 1. The number of nitrogens with one attached hydrogen (secondary N) is 1. The Hall–Kier alpha value is -3.03. The van der Waals surface area contributed by atoms with E-state index in [1.54, 1.807) is 29.2 Å². The summed E-state index contributed by atoms with van der Waals surface area (Å²) in [6.45, 7) is 2.49. The van der Waals surface area contributed by atoms with Gasteiger partial charge in [-0.3, -0.25) is 9.69 Å². The van der Waals surface area contributed by atoms with Crippen molar-refractivity contribution >= 4 is 5.91 Å². The topological polar surface area (TPSA) is 83.3 Å². The lowest BCUT2D eigenvalue weighted by Crippen LogP contribution is -2.53. The lowest BCUT2D eigenvalue weighted by atomic mass is 9.91. The second-order valence-electron chi connectivity index (χ2n) is 7.36. The quantitative estimate of drug-likeness (QED) is 0.670. The van der Waals surface area contributed by atoms with Crippen molar-refractivity contribution in [3.63, 3.8) is 0 Å². The number of aliphatic hydroxyl groups excluding tert-OH is 1. The number of rotatable bonds is 6. The van der Waals surface area contributed by atoms with Crippen molar-refractivity contribution in [2.75, 3.05) is 19.7 Å². The number of hydrogen-bond donors (Lipinski definition) is 2. The number of benzene rings is 1. The van der Waals surface area contributed by atoms with E-state index in [2.05, 4.69) is 32.4 Å². The number of aliphatic hydroxyl groups is 1. The molecule has 2 aromatic heterocycles. The van der Waals surface area contributed by atoms with Gasteiger partial charge < -0.3 is 10.4 Å². The molecule has 1 amide bonds. The zero-order chi connectivity index (χ0) is 20.1. The summed E-state index contributed by atoms with van der Waals surface area (Å²) in [6.07, 6.45) is 4.30. The summed E-state index contributed by atoms with van der Waals surface area (Å²) in [7, 11) is 0. The van der Waals surface area contributed by atoms with Gasteiger partial charge in [0.05, 0.1) is 0 Å². The Balaban J connectivity index is 1.44. The first-order valence-corrected chi connectivity index (χ1v) is 9.88. The first kappa shape index (κ1) is 19.3. The van der Waals surface area contributed by atoms with Crippen molar-refractivity contribution in [1.29, 1.82) is 0 Å². The monoisotopic (exact) mass is 391 g/mol. The van der Waals surface area contributed by atoms with E-state index in [0.717, 1.165) is 19.5 Å². The van der Waals surface area contributed by atoms with Crippen molar-refractivity contribution in [1.82, 2.24) is 25.0 Å². The number of amides is 1. The van der Waals surface area contributed by atoms with Crippen LogP contribution in [0.15, 0.2) is 67.0 Å².